The van der Waals surface area contributed by atoms with E-state index in [2.05, 4.69) is 11.4 Å². The highest BCUT2D eigenvalue weighted by atomic mass is 16.2. The number of nitrogens with one attached hydrogen (secondary N) is 1. The first-order chi connectivity index (χ1) is 19.4. The topological polar surface area (TPSA) is 66.5 Å². The summed E-state index contributed by atoms with van der Waals surface area (Å²) in [6.45, 7) is 4.00. The molecule has 0 unspecified atom stereocenters. The second-order valence-electron chi connectivity index (χ2n) is 11.0. The van der Waals surface area contributed by atoms with E-state index in [1.54, 1.807) is 24.3 Å². The summed E-state index contributed by atoms with van der Waals surface area (Å²) in [4.78, 5) is 45.7. The van der Waals surface area contributed by atoms with Gasteiger partial charge >= 0.3 is 0 Å². The summed E-state index contributed by atoms with van der Waals surface area (Å²) in [5.74, 6) is -1.60. The van der Waals surface area contributed by atoms with Crippen molar-refractivity contribution in [3.8, 4) is 0 Å². The van der Waals surface area contributed by atoms with Crippen LogP contribution in [0.5, 0.6) is 0 Å². The van der Waals surface area contributed by atoms with Gasteiger partial charge in [0.05, 0.1) is 12.0 Å². The molecule has 7 rings (SSSR count). The fourth-order valence-electron chi connectivity index (χ4n) is 6.97. The number of para-hydroxylation sites is 1. The summed E-state index contributed by atoms with van der Waals surface area (Å²) in [5, 5.41) is 3.08. The van der Waals surface area contributed by atoms with Crippen molar-refractivity contribution in [3.05, 3.63) is 137 Å². The predicted molar refractivity (Wildman–Crippen MR) is 157 cm³/mol. The zero-order valence-electron chi connectivity index (χ0n) is 22.3. The molecule has 0 saturated carbocycles. The molecule has 5 nitrogen and oxygen atoms in total. The molecule has 3 heterocycles. The van der Waals surface area contributed by atoms with Gasteiger partial charge in [-0.1, -0.05) is 102 Å². The molecule has 3 aliphatic heterocycles. The number of carbonyl (C=O) groups is 3. The van der Waals surface area contributed by atoms with E-state index in [0.717, 1.165) is 27.9 Å². The number of amides is 1. The molecule has 0 aromatic heterocycles. The van der Waals surface area contributed by atoms with Crippen molar-refractivity contribution in [2.24, 2.45) is 5.92 Å². The summed E-state index contributed by atoms with van der Waals surface area (Å²) >= 11 is 0. The quantitative estimate of drug-likeness (QED) is 0.325. The molecule has 4 aromatic rings. The van der Waals surface area contributed by atoms with Gasteiger partial charge in [0.15, 0.2) is 11.6 Å². The lowest BCUT2D eigenvalue weighted by molar-refractivity contribution is -0.121. The number of nitrogens with zero attached hydrogens (tertiary/aromatic N) is 1. The first-order valence-corrected chi connectivity index (χ1v) is 13.6. The second-order valence-corrected chi connectivity index (χ2v) is 11.0. The van der Waals surface area contributed by atoms with E-state index in [-0.39, 0.29) is 17.5 Å². The molecule has 1 fully saturated rings. The van der Waals surface area contributed by atoms with Gasteiger partial charge < -0.3 is 10.2 Å². The lowest BCUT2D eigenvalue weighted by atomic mass is 9.64. The molecule has 4 atom stereocenters. The van der Waals surface area contributed by atoms with Crippen molar-refractivity contribution in [2.75, 3.05) is 10.2 Å². The molecule has 1 spiro atoms. The number of rotatable bonds is 4. The summed E-state index contributed by atoms with van der Waals surface area (Å²) in [5.41, 5.74) is 5.09. The first kappa shape index (κ1) is 24.3. The molecular weight excluding hydrogens is 496 g/mol. The third-order valence-corrected chi connectivity index (χ3v) is 8.73. The third-order valence-electron chi connectivity index (χ3n) is 8.73. The molecule has 3 aliphatic rings. The number of Topliss-reactive ketones (excluding diaryl/α,β-unsaturated/α-hetero) is 2. The summed E-state index contributed by atoms with van der Waals surface area (Å²) in [7, 11) is 0. The standard InChI is InChI=1S/C35H28N2O3/c1-21-12-15-24(16-13-21)32(38)30-31(33(39)23-8-4-3-5-9-23)37-28-18-14-22(2)20-25(28)17-19-29(37)35(30)26-10-6-7-11-27(26)36-34(35)40/h3-20,29-31H,1-2H3,(H,36,40)/t29-,30+,31+,35-/m1/s1. The van der Waals surface area contributed by atoms with Crippen LogP contribution in [0.25, 0.3) is 6.08 Å². The maximum atomic E-state index is 14.7. The largest absolute Gasteiger partial charge is 0.352 e. The molecule has 0 bridgehead atoms. The molecule has 1 N–H and O–H groups in total. The van der Waals surface area contributed by atoms with Gasteiger partial charge in [0.1, 0.15) is 11.5 Å². The molecule has 0 aliphatic carbocycles. The van der Waals surface area contributed by atoms with Crippen molar-refractivity contribution in [1.29, 1.82) is 0 Å². The average Bonchev–Trinajstić information content (AvgIpc) is 3.45. The second kappa shape index (κ2) is 8.88. The van der Waals surface area contributed by atoms with Crippen molar-refractivity contribution >= 4 is 34.9 Å². The number of benzene rings is 4. The van der Waals surface area contributed by atoms with Gasteiger partial charge in [0.2, 0.25) is 5.91 Å². The molecule has 4 aromatic carbocycles. The number of carbonyl (C=O) groups excluding carboxylic acids is 3. The first-order valence-electron chi connectivity index (χ1n) is 13.6. The third kappa shape index (κ3) is 3.30. The smallest absolute Gasteiger partial charge is 0.238 e. The van der Waals surface area contributed by atoms with E-state index in [0.29, 0.717) is 16.8 Å². The van der Waals surface area contributed by atoms with Gasteiger partial charge in [-0.3, -0.25) is 14.4 Å². The molecular formula is C35H28N2O3. The van der Waals surface area contributed by atoms with Crippen LogP contribution in [-0.4, -0.2) is 29.6 Å². The maximum Gasteiger partial charge on any atom is 0.238 e. The van der Waals surface area contributed by atoms with Crippen LogP contribution in [0.3, 0.4) is 0 Å². The lowest BCUT2D eigenvalue weighted by Crippen LogP contribution is -2.51. The van der Waals surface area contributed by atoms with Gasteiger partial charge in [-0.05, 0) is 43.2 Å². The minimum atomic E-state index is -1.30. The lowest BCUT2D eigenvalue weighted by Gasteiger charge is -2.37. The molecule has 1 amide bonds. The van der Waals surface area contributed by atoms with Crippen molar-refractivity contribution < 1.29 is 14.4 Å². The number of hydrogen-bond donors (Lipinski definition) is 1. The Bertz CT molecular complexity index is 1720. The fourth-order valence-corrected chi connectivity index (χ4v) is 6.97. The SMILES string of the molecule is Cc1ccc(C(=O)[C@@H]2[C@@H](C(=O)c3ccccc3)N3c4ccc(C)cc4C=C[C@@H]3[C@@]23C(=O)Nc2ccccc23)cc1. The summed E-state index contributed by atoms with van der Waals surface area (Å²) in [6.07, 6.45) is 4.04. The van der Waals surface area contributed by atoms with Crippen molar-refractivity contribution in [2.45, 2.75) is 31.3 Å². The molecule has 40 heavy (non-hydrogen) atoms. The zero-order valence-corrected chi connectivity index (χ0v) is 22.3. The summed E-state index contributed by atoms with van der Waals surface area (Å²) < 4.78 is 0. The van der Waals surface area contributed by atoms with Crippen LogP contribution in [-0.2, 0) is 10.2 Å². The Morgan fingerprint density at radius 2 is 1.45 bits per heavy atom. The van der Waals surface area contributed by atoms with Crippen molar-refractivity contribution in [1.82, 2.24) is 0 Å². The number of aryl methyl sites for hydroxylation is 2. The number of hydrogen-bond acceptors (Lipinski definition) is 4. The van der Waals surface area contributed by atoms with Gasteiger partial charge in [-0.15, -0.1) is 0 Å². The van der Waals surface area contributed by atoms with Crippen LogP contribution >= 0.6 is 0 Å². The van der Waals surface area contributed by atoms with Gasteiger partial charge in [-0.2, -0.15) is 0 Å². The Hall–Kier alpha value is -4.77. The number of fused-ring (bicyclic) bond motifs is 6. The Balaban J connectivity index is 1.54. The van der Waals surface area contributed by atoms with Gasteiger partial charge in [0, 0.05) is 22.5 Å². The van der Waals surface area contributed by atoms with E-state index in [1.165, 1.54) is 0 Å². The minimum Gasteiger partial charge on any atom is -0.352 e. The Morgan fingerprint density at radius 3 is 2.23 bits per heavy atom. The predicted octanol–water partition coefficient (Wildman–Crippen LogP) is 6.16. The normalized spacial score (nSPS) is 23.9. The molecule has 196 valence electrons. The number of ketones is 2. The van der Waals surface area contributed by atoms with Crippen LogP contribution in [0.1, 0.15) is 43.0 Å². The zero-order chi connectivity index (χ0) is 27.6. The van der Waals surface area contributed by atoms with E-state index < -0.39 is 23.4 Å². The van der Waals surface area contributed by atoms with Gasteiger partial charge in [-0.25, -0.2) is 0 Å². The summed E-state index contributed by atoms with van der Waals surface area (Å²) in [6, 6.07) is 28.8. The van der Waals surface area contributed by atoms with Crippen molar-refractivity contribution in [3.63, 3.8) is 0 Å². The van der Waals surface area contributed by atoms with E-state index >= 15 is 0 Å². The van der Waals surface area contributed by atoms with Crippen LogP contribution in [0.2, 0.25) is 0 Å². The molecule has 5 heteroatoms. The van der Waals surface area contributed by atoms with Gasteiger partial charge in [0.25, 0.3) is 0 Å². The van der Waals surface area contributed by atoms with Crippen LogP contribution < -0.4 is 10.2 Å². The van der Waals surface area contributed by atoms with Crippen LogP contribution in [0.15, 0.2) is 103 Å². The number of anilines is 2. The fraction of sp³-hybridized carbons (Fsp3) is 0.171. The highest BCUT2D eigenvalue weighted by molar-refractivity contribution is 6.18. The van der Waals surface area contributed by atoms with Crippen LogP contribution in [0, 0.1) is 19.8 Å². The highest BCUT2D eigenvalue weighted by Gasteiger charge is 2.70. The Labute approximate surface area is 233 Å². The highest BCUT2D eigenvalue weighted by Crippen LogP contribution is 2.58. The monoisotopic (exact) mass is 524 g/mol. The molecule has 0 radical (unpaired) electrons. The maximum absolute atomic E-state index is 14.7. The Kier molecular flexibility index (Phi) is 5.39. The Morgan fingerprint density at radius 1 is 0.775 bits per heavy atom. The van der Waals surface area contributed by atoms with E-state index in [9.17, 15) is 14.4 Å². The van der Waals surface area contributed by atoms with Crippen LogP contribution in [0.4, 0.5) is 11.4 Å². The van der Waals surface area contributed by atoms with E-state index in [4.69, 9.17) is 0 Å². The van der Waals surface area contributed by atoms with E-state index in [1.807, 2.05) is 97.6 Å². The average molecular weight is 525 g/mol. The minimum absolute atomic E-state index is 0.174. The molecule has 1 saturated heterocycles.